The molecule has 1 unspecified atom stereocenters. The topological polar surface area (TPSA) is 49.4 Å². The molecule has 1 aromatic rings. The Bertz CT molecular complexity index is 487. The van der Waals surface area contributed by atoms with Gasteiger partial charge in [0.15, 0.2) is 0 Å². The maximum Gasteiger partial charge on any atom is 0.258 e. The number of rotatable bonds is 1. The van der Waals surface area contributed by atoms with Crippen molar-refractivity contribution in [2.45, 2.75) is 13.0 Å². The van der Waals surface area contributed by atoms with Gasteiger partial charge in [0.25, 0.3) is 5.91 Å². The fourth-order valence-electron chi connectivity index (χ4n) is 1.91. The van der Waals surface area contributed by atoms with Crippen molar-refractivity contribution in [2.75, 3.05) is 13.1 Å². The zero-order chi connectivity index (χ0) is 13.3. The minimum atomic E-state index is -0.590. The van der Waals surface area contributed by atoms with Gasteiger partial charge >= 0.3 is 0 Å². The average molecular weight is 315 g/mol. The molecule has 0 radical (unpaired) electrons. The Morgan fingerprint density at radius 2 is 2.28 bits per heavy atom. The Morgan fingerprint density at radius 1 is 1.56 bits per heavy atom. The molecule has 96 valence electrons. The number of carbonyl (C=O) groups excluding carboxylic acids is 2. The van der Waals surface area contributed by atoms with Crippen LogP contribution >= 0.6 is 15.9 Å². The highest BCUT2D eigenvalue weighted by atomic mass is 79.9. The van der Waals surface area contributed by atoms with Crippen molar-refractivity contribution >= 4 is 27.7 Å². The molecule has 1 fully saturated rings. The van der Waals surface area contributed by atoms with Crippen LogP contribution in [-0.2, 0) is 4.79 Å². The van der Waals surface area contributed by atoms with Crippen molar-refractivity contribution in [2.24, 2.45) is 0 Å². The van der Waals surface area contributed by atoms with Crippen LogP contribution in [0.1, 0.15) is 17.3 Å². The van der Waals surface area contributed by atoms with Crippen LogP contribution in [0.5, 0.6) is 0 Å². The van der Waals surface area contributed by atoms with Crippen molar-refractivity contribution in [1.82, 2.24) is 10.2 Å². The third-order valence-corrected chi connectivity index (χ3v) is 3.60. The lowest BCUT2D eigenvalue weighted by molar-refractivity contribution is -0.127. The number of amides is 2. The van der Waals surface area contributed by atoms with Crippen LogP contribution < -0.4 is 5.32 Å². The number of hydrogen-bond acceptors (Lipinski definition) is 2. The maximum absolute atomic E-state index is 13.7. The largest absolute Gasteiger partial charge is 0.353 e. The Balaban J connectivity index is 2.34. The highest BCUT2D eigenvalue weighted by Gasteiger charge is 2.31. The molecule has 6 heteroatoms. The molecule has 0 spiro atoms. The summed E-state index contributed by atoms with van der Waals surface area (Å²) in [5, 5.41) is 2.66. The Kier molecular flexibility index (Phi) is 3.65. The molecule has 0 saturated carbocycles. The molecule has 1 aliphatic heterocycles. The first-order chi connectivity index (χ1) is 8.52. The van der Waals surface area contributed by atoms with Crippen molar-refractivity contribution in [3.63, 3.8) is 0 Å². The lowest BCUT2D eigenvalue weighted by Crippen LogP contribution is -2.56. The van der Waals surface area contributed by atoms with E-state index < -0.39 is 17.8 Å². The number of nitrogens with zero attached hydrogens (tertiary/aromatic N) is 1. The molecule has 1 saturated heterocycles. The number of benzene rings is 1. The SMILES string of the molecule is CC1C(=O)NCCN1C(=O)c1c(F)cccc1Br. The maximum atomic E-state index is 13.7. The van der Waals surface area contributed by atoms with Crippen molar-refractivity contribution < 1.29 is 14.0 Å². The Morgan fingerprint density at radius 3 is 2.94 bits per heavy atom. The molecular formula is C12H12BrFN2O2. The standard InChI is InChI=1S/C12H12BrFN2O2/c1-7-11(17)15-5-6-16(7)12(18)10-8(13)3-2-4-9(10)14/h2-4,7H,5-6H2,1H3,(H,15,17). The molecular weight excluding hydrogens is 303 g/mol. The van der Waals surface area contributed by atoms with E-state index in [1.54, 1.807) is 13.0 Å². The summed E-state index contributed by atoms with van der Waals surface area (Å²) < 4.78 is 14.1. The molecule has 18 heavy (non-hydrogen) atoms. The van der Waals surface area contributed by atoms with E-state index in [1.807, 2.05) is 0 Å². The minimum Gasteiger partial charge on any atom is -0.353 e. The van der Waals surface area contributed by atoms with E-state index in [0.717, 1.165) is 0 Å². The molecule has 1 atom stereocenters. The predicted molar refractivity (Wildman–Crippen MR) is 67.6 cm³/mol. The van der Waals surface area contributed by atoms with Crippen LogP contribution in [0.15, 0.2) is 22.7 Å². The molecule has 0 bridgehead atoms. The van der Waals surface area contributed by atoms with Gasteiger partial charge in [-0.25, -0.2) is 4.39 Å². The summed E-state index contributed by atoms with van der Waals surface area (Å²) in [6.45, 7) is 2.40. The molecule has 1 heterocycles. The van der Waals surface area contributed by atoms with Gasteiger partial charge in [0, 0.05) is 17.6 Å². The van der Waals surface area contributed by atoms with Crippen molar-refractivity contribution in [3.05, 3.63) is 34.1 Å². The number of nitrogens with one attached hydrogen (secondary N) is 1. The normalized spacial score (nSPS) is 19.6. The molecule has 1 aromatic carbocycles. The van der Waals surface area contributed by atoms with E-state index in [2.05, 4.69) is 21.2 Å². The highest BCUT2D eigenvalue weighted by Crippen LogP contribution is 2.22. The summed E-state index contributed by atoms with van der Waals surface area (Å²) >= 11 is 3.16. The second-order valence-electron chi connectivity index (χ2n) is 4.06. The van der Waals surface area contributed by atoms with E-state index in [4.69, 9.17) is 0 Å². The van der Waals surface area contributed by atoms with E-state index in [1.165, 1.54) is 17.0 Å². The molecule has 2 rings (SSSR count). The van der Waals surface area contributed by atoms with E-state index in [9.17, 15) is 14.0 Å². The van der Waals surface area contributed by atoms with E-state index >= 15 is 0 Å². The second kappa shape index (κ2) is 5.06. The van der Waals surface area contributed by atoms with Crippen LogP contribution in [0.4, 0.5) is 4.39 Å². The average Bonchev–Trinajstić information content (AvgIpc) is 2.32. The Hall–Kier alpha value is -1.43. The monoisotopic (exact) mass is 314 g/mol. The van der Waals surface area contributed by atoms with Gasteiger partial charge in [0.2, 0.25) is 5.91 Å². The number of carbonyl (C=O) groups is 2. The molecule has 1 aliphatic rings. The molecule has 0 aliphatic carbocycles. The molecule has 2 amide bonds. The highest BCUT2D eigenvalue weighted by molar-refractivity contribution is 9.10. The van der Waals surface area contributed by atoms with Crippen LogP contribution in [0, 0.1) is 5.82 Å². The predicted octanol–water partition coefficient (Wildman–Crippen LogP) is 1.55. The van der Waals surface area contributed by atoms with Crippen LogP contribution in [-0.4, -0.2) is 35.8 Å². The fraction of sp³-hybridized carbons (Fsp3) is 0.333. The minimum absolute atomic E-state index is 0.0287. The van der Waals surface area contributed by atoms with Gasteiger partial charge in [0.1, 0.15) is 11.9 Å². The molecule has 4 nitrogen and oxygen atoms in total. The molecule has 1 N–H and O–H groups in total. The summed E-state index contributed by atoms with van der Waals surface area (Å²) in [5.74, 6) is -1.28. The summed E-state index contributed by atoms with van der Waals surface area (Å²) in [6, 6.07) is 3.76. The van der Waals surface area contributed by atoms with Crippen LogP contribution in [0.3, 0.4) is 0 Å². The second-order valence-corrected chi connectivity index (χ2v) is 4.92. The third kappa shape index (κ3) is 2.25. The number of hydrogen-bond donors (Lipinski definition) is 1. The van der Waals surface area contributed by atoms with Gasteiger partial charge in [-0.1, -0.05) is 6.07 Å². The zero-order valence-corrected chi connectivity index (χ0v) is 11.3. The number of halogens is 2. The Labute approximate surface area is 112 Å². The summed E-state index contributed by atoms with van der Waals surface area (Å²) in [7, 11) is 0. The number of piperazine rings is 1. The van der Waals surface area contributed by atoms with Gasteiger partial charge in [-0.3, -0.25) is 9.59 Å². The lowest BCUT2D eigenvalue weighted by atomic mass is 10.1. The third-order valence-electron chi connectivity index (χ3n) is 2.94. The van der Waals surface area contributed by atoms with Gasteiger partial charge < -0.3 is 10.2 Å². The van der Waals surface area contributed by atoms with E-state index in [-0.39, 0.29) is 11.5 Å². The van der Waals surface area contributed by atoms with Crippen molar-refractivity contribution in [1.29, 1.82) is 0 Å². The fourth-order valence-corrected chi connectivity index (χ4v) is 2.42. The first-order valence-corrected chi connectivity index (χ1v) is 6.34. The van der Waals surface area contributed by atoms with Gasteiger partial charge in [0.05, 0.1) is 5.56 Å². The lowest BCUT2D eigenvalue weighted by Gasteiger charge is -2.33. The first-order valence-electron chi connectivity index (χ1n) is 5.55. The first kappa shape index (κ1) is 13.0. The van der Waals surface area contributed by atoms with Gasteiger partial charge in [-0.2, -0.15) is 0 Å². The summed E-state index contributed by atoms with van der Waals surface area (Å²) in [6.07, 6.45) is 0. The van der Waals surface area contributed by atoms with Gasteiger partial charge in [-0.15, -0.1) is 0 Å². The molecule has 0 aromatic heterocycles. The summed E-state index contributed by atoms with van der Waals surface area (Å²) in [5.41, 5.74) is -0.0287. The van der Waals surface area contributed by atoms with Crippen LogP contribution in [0.2, 0.25) is 0 Å². The van der Waals surface area contributed by atoms with Gasteiger partial charge in [-0.05, 0) is 35.0 Å². The quantitative estimate of drug-likeness (QED) is 0.855. The van der Waals surface area contributed by atoms with E-state index in [0.29, 0.717) is 17.6 Å². The smallest absolute Gasteiger partial charge is 0.258 e. The summed E-state index contributed by atoms with van der Waals surface area (Å²) in [4.78, 5) is 25.1. The van der Waals surface area contributed by atoms with Crippen LogP contribution in [0.25, 0.3) is 0 Å². The zero-order valence-electron chi connectivity index (χ0n) is 9.74. The van der Waals surface area contributed by atoms with Crippen molar-refractivity contribution in [3.8, 4) is 0 Å².